The number of hydrogen-bond acceptors (Lipinski definition) is 2. The molecule has 0 unspecified atom stereocenters. The lowest BCUT2D eigenvalue weighted by Gasteiger charge is -2.11. The highest BCUT2D eigenvalue weighted by Crippen LogP contribution is 2.26. The van der Waals surface area contributed by atoms with Crippen molar-refractivity contribution in [2.45, 2.75) is 19.8 Å². The first-order chi connectivity index (χ1) is 9.08. The van der Waals surface area contributed by atoms with E-state index in [1.807, 2.05) is 30.3 Å². The average molecular weight is 254 g/mol. The summed E-state index contributed by atoms with van der Waals surface area (Å²) in [6, 6.07) is 15.3. The molecule has 2 aromatic carbocycles. The number of para-hydroxylation sites is 1. The van der Waals surface area contributed by atoms with Gasteiger partial charge in [0, 0.05) is 0 Å². The highest BCUT2D eigenvalue weighted by Gasteiger charge is 2.07. The molecule has 0 aliphatic rings. The molecule has 0 aliphatic heterocycles. The zero-order chi connectivity index (χ0) is 13.8. The second-order valence-electron chi connectivity index (χ2n) is 4.74. The molecule has 3 nitrogen and oxygen atoms in total. The summed E-state index contributed by atoms with van der Waals surface area (Å²) in [7, 11) is 0. The van der Waals surface area contributed by atoms with E-state index in [0.717, 1.165) is 5.75 Å². The van der Waals surface area contributed by atoms with E-state index < -0.39 is 0 Å². The standard InChI is InChI=1S/C16H18N2O/c1-11(2)12-7-9-13(10-8-12)19-15-6-4-3-5-14(15)16(17)18/h3-11H,1-2H3,(H3,17,18). The summed E-state index contributed by atoms with van der Waals surface area (Å²) in [5.41, 5.74) is 7.41. The van der Waals surface area contributed by atoms with Crippen molar-refractivity contribution in [3.8, 4) is 11.5 Å². The maximum atomic E-state index is 7.53. The molecule has 0 atom stereocenters. The van der Waals surface area contributed by atoms with Gasteiger partial charge in [-0.3, -0.25) is 5.41 Å². The minimum Gasteiger partial charge on any atom is -0.457 e. The third-order valence-corrected chi connectivity index (χ3v) is 2.95. The number of nitrogen functional groups attached to an aromatic ring is 1. The fraction of sp³-hybridized carbons (Fsp3) is 0.188. The Labute approximate surface area is 113 Å². The molecule has 0 saturated heterocycles. The van der Waals surface area contributed by atoms with Gasteiger partial charge in [0.05, 0.1) is 5.56 Å². The van der Waals surface area contributed by atoms with Crippen LogP contribution in [-0.4, -0.2) is 5.84 Å². The van der Waals surface area contributed by atoms with E-state index in [0.29, 0.717) is 17.2 Å². The van der Waals surface area contributed by atoms with Crippen LogP contribution in [0.15, 0.2) is 48.5 Å². The molecule has 0 saturated carbocycles. The SMILES string of the molecule is CC(C)c1ccc(Oc2ccccc2C(=N)N)cc1. The van der Waals surface area contributed by atoms with Crippen molar-refractivity contribution in [3.05, 3.63) is 59.7 Å². The van der Waals surface area contributed by atoms with Crippen molar-refractivity contribution in [1.82, 2.24) is 0 Å². The Morgan fingerprint density at radius 1 is 1.05 bits per heavy atom. The molecule has 0 heterocycles. The summed E-state index contributed by atoms with van der Waals surface area (Å²) in [5.74, 6) is 1.86. The van der Waals surface area contributed by atoms with Gasteiger partial charge in [-0.1, -0.05) is 38.1 Å². The molecule has 98 valence electrons. The molecule has 2 rings (SSSR count). The smallest absolute Gasteiger partial charge is 0.138 e. The van der Waals surface area contributed by atoms with Crippen LogP contribution in [0.4, 0.5) is 0 Å². The van der Waals surface area contributed by atoms with E-state index in [1.54, 1.807) is 6.07 Å². The van der Waals surface area contributed by atoms with Crippen LogP contribution in [0, 0.1) is 5.41 Å². The average Bonchev–Trinajstić information content (AvgIpc) is 2.39. The van der Waals surface area contributed by atoms with Crippen LogP contribution in [0.5, 0.6) is 11.5 Å². The molecule has 0 spiro atoms. The van der Waals surface area contributed by atoms with Crippen molar-refractivity contribution in [1.29, 1.82) is 5.41 Å². The van der Waals surface area contributed by atoms with Crippen molar-refractivity contribution in [2.75, 3.05) is 0 Å². The van der Waals surface area contributed by atoms with Gasteiger partial charge in [-0.15, -0.1) is 0 Å². The molecular formula is C16H18N2O. The molecule has 2 aromatic rings. The number of amidine groups is 1. The monoisotopic (exact) mass is 254 g/mol. The Balaban J connectivity index is 2.24. The van der Waals surface area contributed by atoms with E-state index in [9.17, 15) is 0 Å². The minimum absolute atomic E-state index is 0.00870. The topological polar surface area (TPSA) is 59.1 Å². The third kappa shape index (κ3) is 3.13. The fourth-order valence-electron chi connectivity index (χ4n) is 1.83. The molecule has 0 aromatic heterocycles. The van der Waals surface area contributed by atoms with Crippen molar-refractivity contribution in [2.24, 2.45) is 5.73 Å². The summed E-state index contributed by atoms with van der Waals surface area (Å²) < 4.78 is 5.78. The van der Waals surface area contributed by atoms with Crippen molar-refractivity contribution < 1.29 is 4.74 Å². The molecule has 19 heavy (non-hydrogen) atoms. The Morgan fingerprint density at radius 2 is 1.68 bits per heavy atom. The summed E-state index contributed by atoms with van der Waals surface area (Å²) in [5, 5.41) is 7.53. The van der Waals surface area contributed by atoms with E-state index in [4.69, 9.17) is 15.9 Å². The van der Waals surface area contributed by atoms with Crippen LogP contribution in [0.2, 0.25) is 0 Å². The zero-order valence-electron chi connectivity index (χ0n) is 11.2. The van der Waals surface area contributed by atoms with E-state index >= 15 is 0 Å². The van der Waals surface area contributed by atoms with E-state index in [2.05, 4.69) is 26.0 Å². The van der Waals surface area contributed by atoms with Crippen LogP contribution >= 0.6 is 0 Å². The van der Waals surface area contributed by atoms with Crippen LogP contribution in [0.1, 0.15) is 30.9 Å². The predicted octanol–water partition coefficient (Wildman–Crippen LogP) is 3.89. The molecule has 0 amide bonds. The summed E-state index contributed by atoms with van der Waals surface area (Å²) in [6.07, 6.45) is 0. The lowest BCUT2D eigenvalue weighted by atomic mass is 10.0. The van der Waals surface area contributed by atoms with Gasteiger partial charge in [0.15, 0.2) is 0 Å². The number of nitrogens with two attached hydrogens (primary N) is 1. The van der Waals surface area contributed by atoms with Crippen LogP contribution < -0.4 is 10.5 Å². The Bertz CT molecular complexity index is 574. The molecule has 0 fully saturated rings. The van der Waals surface area contributed by atoms with Gasteiger partial charge < -0.3 is 10.5 Å². The molecule has 0 aliphatic carbocycles. The largest absolute Gasteiger partial charge is 0.457 e. The molecule has 3 N–H and O–H groups in total. The number of ether oxygens (including phenoxy) is 1. The first-order valence-electron chi connectivity index (χ1n) is 6.29. The van der Waals surface area contributed by atoms with Crippen molar-refractivity contribution >= 4 is 5.84 Å². The highest BCUT2D eigenvalue weighted by atomic mass is 16.5. The number of hydrogen-bond donors (Lipinski definition) is 2. The summed E-state index contributed by atoms with van der Waals surface area (Å²) in [6.45, 7) is 4.31. The van der Waals surface area contributed by atoms with E-state index in [1.165, 1.54) is 5.56 Å². The van der Waals surface area contributed by atoms with Gasteiger partial charge in [0.1, 0.15) is 17.3 Å². The lowest BCUT2D eigenvalue weighted by molar-refractivity contribution is 0.481. The highest BCUT2D eigenvalue weighted by molar-refractivity contribution is 5.97. The minimum atomic E-state index is 0.00870. The second kappa shape index (κ2) is 5.57. The summed E-state index contributed by atoms with van der Waals surface area (Å²) >= 11 is 0. The number of nitrogens with one attached hydrogen (secondary N) is 1. The van der Waals surface area contributed by atoms with Crippen LogP contribution in [0.3, 0.4) is 0 Å². The third-order valence-electron chi connectivity index (χ3n) is 2.95. The van der Waals surface area contributed by atoms with Gasteiger partial charge >= 0.3 is 0 Å². The first kappa shape index (κ1) is 13.1. The fourth-order valence-corrected chi connectivity index (χ4v) is 1.83. The normalized spacial score (nSPS) is 10.5. The first-order valence-corrected chi connectivity index (χ1v) is 6.29. The van der Waals surface area contributed by atoms with Gasteiger partial charge in [-0.25, -0.2) is 0 Å². The molecule has 3 heteroatoms. The second-order valence-corrected chi connectivity index (χ2v) is 4.74. The zero-order valence-corrected chi connectivity index (χ0v) is 11.2. The Morgan fingerprint density at radius 3 is 2.26 bits per heavy atom. The molecule has 0 bridgehead atoms. The predicted molar refractivity (Wildman–Crippen MR) is 78.1 cm³/mol. The maximum Gasteiger partial charge on any atom is 0.138 e. The number of benzene rings is 2. The van der Waals surface area contributed by atoms with Gasteiger partial charge in [-0.2, -0.15) is 0 Å². The summed E-state index contributed by atoms with van der Waals surface area (Å²) in [4.78, 5) is 0. The van der Waals surface area contributed by atoms with Crippen LogP contribution in [-0.2, 0) is 0 Å². The molecule has 0 radical (unpaired) electrons. The van der Waals surface area contributed by atoms with Crippen LogP contribution in [0.25, 0.3) is 0 Å². The lowest BCUT2D eigenvalue weighted by Crippen LogP contribution is -2.12. The Hall–Kier alpha value is -2.29. The molecular weight excluding hydrogens is 236 g/mol. The quantitative estimate of drug-likeness (QED) is 0.642. The maximum absolute atomic E-state index is 7.53. The Kier molecular flexibility index (Phi) is 3.85. The van der Waals surface area contributed by atoms with Gasteiger partial charge in [-0.05, 0) is 35.7 Å². The van der Waals surface area contributed by atoms with Crippen molar-refractivity contribution in [3.63, 3.8) is 0 Å². The number of rotatable bonds is 4. The van der Waals surface area contributed by atoms with Gasteiger partial charge in [0.2, 0.25) is 0 Å². The van der Waals surface area contributed by atoms with E-state index in [-0.39, 0.29) is 5.84 Å². The van der Waals surface area contributed by atoms with Gasteiger partial charge in [0.25, 0.3) is 0 Å².